The largest absolute Gasteiger partial charge is 0.305 e. The summed E-state index contributed by atoms with van der Waals surface area (Å²) in [5, 5.41) is 4.33. The Hall–Kier alpha value is -1.40. The predicted octanol–water partition coefficient (Wildman–Crippen LogP) is 4.22. The van der Waals surface area contributed by atoms with E-state index in [1.807, 2.05) is 6.07 Å². The van der Waals surface area contributed by atoms with Crippen molar-refractivity contribution in [3.05, 3.63) is 62.5 Å². The molecule has 3 rings (SSSR count). The molecule has 1 unspecified atom stereocenters. The van der Waals surface area contributed by atoms with Crippen LogP contribution in [0.15, 0.2) is 46.9 Å². The van der Waals surface area contributed by atoms with Crippen LogP contribution in [0.25, 0.3) is 0 Å². The second-order valence-corrected chi connectivity index (χ2v) is 7.50. The van der Waals surface area contributed by atoms with Gasteiger partial charge < -0.3 is 5.32 Å². The summed E-state index contributed by atoms with van der Waals surface area (Å²) in [6, 6.07) is 11.9. The van der Waals surface area contributed by atoms with E-state index in [0.717, 1.165) is 10.0 Å². The molecule has 0 aromatic heterocycles. The minimum absolute atomic E-state index is 0.156. The fourth-order valence-corrected chi connectivity index (χ4v) is 3.53. The molecule has 1 saturated heterocycles. The summed E-state index contributed by atoms with van der Waals surface area (Å²) in [6.07, 6.45) is 0.801. The molecule has 1 fully saturated rings. The minimum Gasteiger partial charge on any atom is -0.305 e. The zero-order valence-corrected chi connectivity index (χ0v) is 16.2. The van der Waals surface area contributed by atoms with Gasteiger partial charge in [-0.2, -0.15) is 0 Å². The van der Waals surface area contributed by atoms with E-state index in [0.29, 0.717) is 28.7 Å². The first-order valence-electron chi connectivity index (χ1n) is 7.75. The van der Waals surface area contributed by atoms with Gasteiger partial charge in [-0.05, 0) is 54.9 Å². The number of rotatable bonds is 5. The highest BCUT2D eigenvalue weighted by molar-refractivity contribution is 9.10. The Morgan fingerprint density at radius 1 is 1.12 bits per heavy atom. The number of carbonyl (C=O) groups is 2. The first-order chi connectivity index (χ1) is 12.0. The monoisotopic (exact) mass is 440 g/mol. The van der Waals surface area contributed by atoms with Gasteiger partial charge in [0.15, 0.2) is 0 Å². The molecular weight excluding hydrogens is 427 g/mol. The van der Waals surface area contributed by atoms with Crippen LogP contribution in [0.4, 0.5) is 5.69 Å². The fourth-order valence-electron chi connectivity index (χ4n) is 2.76. The highest BCUT2D eigenvalue weighted by atomic mass is 79.9. The van der Waals surface area contributed by atoms with Crippen molar-refractivity contribution in [1.82, 2.24) is 5.32 Å². The van der Waals surface area contributed by atoms with Gasteiger partial charge in [0, 0.05) is 14.5 Å². The van der Waals surface area contributed by atoms with E-state index in [9.17, 15) is 9.59 Å². The Morgan fingerprint density at radius 3 is 2.52 bits per heavy atom. The highest BCUT2D eigenvalue weighted by Crippen LogP contribution is 2.25. The zero-order chi connectivity index (χ0) is 18.0. The molecule has 1 aliphatic heterocycles. The summed E-state index contributed by atoms with van der Waals surface area (Å²) in [5.74, 6) is -0.427. The number of benzene rings is 2. The van der Waals surface area contributed by atoms with Crippen molar-refractivity contribution >= 4 is 56.6 Å². The van der Waals surface area contributed by atoms with E-state index in [2.05, 4.69) is 21.2 Å². The Labute approximate surface area is 164 Å². The quantitative estimate of drug-likeness (QED) is 0.706. The van der Waals surface area contributed by atoms with Gasteiger partial charge in [0.25, 0.3) is 5.91 Å². The molecule has 0 saturated carbocycles. The summed E-state index contributed by atoms with van der Waals surface area (Å²) < 4.78 is 0.893. The number of carbonyl (C=O) groups excluding carboxylic acids is 2. The van der Waals surface area contributed by atoms with Gasteiger partial charge in [0.1, 0.15) is 0 Å². The van der Waals surface area contributed by atoms with Crippen LogP contribution in [0.3, 0.4) is 0 Å². The molecule has 7 heteroatoms. The van der Waals surface area contributed by atoms with E-state index in [1.54, 1.807) is 36.4 Å². The smallest absolute Gasteiger partial charge is 0.251 e. The Bertz CT molecular complexity index is 811. The molecule has 0 aliphatic carbocycles. The Kier molecular flexibility index (Phi) is 5.79. The van der Waals surface area contributed by atoms with Gasteiger partial charge in [0.2, 0.25) is 5.91 Å². The van der Waals surface area contributed by atoms with Crippen molar-refractivity contribution in [1.29, 1.82) is 0 Å². The average Bonchev–Trinajstić information content (AvgIpc) is 2.85. The van der Waals surface area contributed by atoms with Gasteiger partial charge >= 0.3 is 0 Å². The topological polar surface area (TPSA) is 49.4 Å². The molecular formula is C18H15BrCl2N2O2. The van der Waals surface area contributed by atoms with Crippen LogP contribution in [-0.4, -0.2) is 24.4 Å². The molecule has 1 N–H and O–H groups in total. The van der Waals surface area contributed by atoms with E-state index in [1.165, 1.54) is 4.90 Å². The lowest BCUT2D eigenvalue weighted by Gasteiger charge is -2.15. The van der Waals surface area contributed by atoms with Crippen LogP contribution in [0.1, 0.15) is 12.0 Å². The number of nitrogens with one attached hydrogen (secondary N) is 1. The molecule has 2 aromatic rings. The van der Waals surface area contributed by atoms with Crippen molar-refractivity contribution in [3.63, 3.8) is 0 Å². The Morgan fingerprint density at radius 2 is 1.84 bits per heavy atom. The number of anilines is 1. The van der Waals surface area contributed by atoms with Crippen LogP contribution >= 0.6 is 39.1 Å². The van der Waals surface area contributed by atoms with Crippen molar-refractivity contribution in [2.24, 2.45) is 0 Å². The molecule has 1 heterocycles. The lowest BCUT2D eigenvalue weighted by Crippen LogP contribution is -2.39. The number of nitrogens with zero attached hydrogens (tertiary/aromatic N) is 1. The number of amides is 2. The van der Waals surface area contributed by atoms with E-state index in [4.69, 9.17) is 23.2 Å². The van der Waals surface area contributed by atoms with E-state index in [-0.39, 0.29) is 18.2 Å². The van der Waals surface area contributed by atoms with Crippen molar-refractivity contribution in [2.75, 3.05) is 11.4 Å². The highest BCUT2D eigenvalue weighted by Gasteiger charge is 2.39. The molecule has 2 aromatic carbocycles. The zero-order valence-electron chi connectivity index (χ0n) is 13.1. The normalized spacial score (nSPS) is 17.4. The molecule has 2 amide bonds. The van der Waals surface area contributed by atoms with Gasteiger partial charge in [-0.15, -0.1) is 0 Å². The van der Waals surface area contributed by atoms with Crippen molar-refractivity contribution in [2.45, 2.75) is 18.9 Å². The third kappa shape index (κ3) is 4.23. The first-order valence-corrected chi connectivity index (χ1v) is 9.30. The second-order valence-electron chi connectivity index (χ2n) is 5.74. The van der Waals surface area contributed by atoms with Crippen LogP contribution in [0.2, 0.25) is 10.0 Å². The molecule has 1 aliphatic rings. The number of hydrogen-bond donors (Lipinski definition) is 1. The second kappa shape index (κ2) is 7.87. The van der Waals surface area contributed by atoms with E-state index < -0.39 is 6.04 Å². The summed E-state index contributed by atoms with van der Waals surface area (Å²) in [7, 11) is 0. The molecule has 4 nitrogen and oxygen atoms in total. The van der Waals surface area contributed by atoms with Crippen molar-refractivity contribution in [3.8, 4) is 0 Å². The SMILES string of the molecule is O=C1CC(NCCc2ccc(Cl)cc2Cl)C(=O)N1c1ccc(Br)cc1. The van der Waals surface area contributed by atoms with Crippen molar-refractivity contribution < 1.29 is 9.59 Å². The average molecular weight is 442 g/mol. The van der Waals surface area contributed by atoms with Gasteiger partial charge in [0.05, 0.1) is 18.2 Å². The molecule has 130 valence electrons. The summed E-state index contributed by atoms with van der Waals surface area (Å²) in [5.41, 5.74) is 1.53. The van der Waals surface area contributed by atoms with Crippen LogP contribution in [0.5, 0.6) is 0 Å². The van der Waals surface area contributed by atoms with Crippen LogP contribution in [-0.2, 0) is 16.0 Å². The number of halogens is 3. The number of hydrogen-bond acceptors (Lipinski definition) is 3. The van der Waals surface area contributed by atoms with Gasteiger partial charge in [-0.1, -0.05) is 45.2 Å². The maximum absolute atomic E-state index is 12.5. The molecule has 25 heavy (non-hydrogen) atoms. The molecule has 0 bridgehead atoms. The lowest BCUT2D eigenvalue weighted by atomic mass is 10.1. The van der Waals surface area contributed by atoms with Gasteiger partial charge in [-0.25, -0.2) is 4.90 Å². The fraction of sp³-hybridized carbons (Fsp3) is 0.222. The third-order valence-corrected chi connectivity index (χ3v) is 5.15. The lowest BCUT2D eigenvalue weighted by molar-refractivity contribution is -0.121. The molecule has 1 atom stereocenters. The molecule has 0 spiro atoms. The summed E-state index contributed by atoms with van der Waals surface area (Å²) in [6.45, 7) is 0.541. The third-order valence-electron chi connectivity index (χ3n) is 4.03. The summed E-state index contributed by atoms with van der Waals surface area (Å²) in [4.78, 5) is 26.0. The van der Waals surface area contributed by atoms with E-state index >= 15 is 0 Å². The predicted molar refractivity (Wildman–Crippen MR) is 103 cm³/mol. The number of imide groups is 1. The maximum atomic E-state index is 12.5. The van der Waals surface area contributed by atoms with Gasteiger partial charge in [-0.3, -0.25) is 9.59 Å². The maximum Gasteiger partial charge on any atom is 0.251 e. The first kappa shape index (κ1) is 18.4. The minimum atomic E-state index is -0.512. The Balaban J connectivity index is 1.61. The summed E-state index contributed by atoms with van der Waals surface area (Å²) >= 11 is 15.4. The standard InChI is InChI=1S/C18H15BrCl2N2O2/c19-12-2-5-14(6-3-12)23-17(24)10-16(18(23)25)22-8-7-11-1-4-13(20)9-15(11)21/h1-6,9,16,22H,7-8,10H2. The van der Waals surface area contributed by atoms with Crippen LogP contribution < -0.4 is 10.2 Å². The van der Waals surface area contributed by atoms with Crippen LogP contribution in [0, 0.1) is 0 Å². The molecule has 0 radical (unpaired) electrons.